The van der Waals surface area contributed by atoms with Crippen molar-refractivity contribution in [3.63, 3.8) is 0 Å². The van der Waals surface area contributed by atoms with Gasteiger partial charge in [-0.15, -0.1) is 0 Å². The van der Waals surface area contributed by atoms with Crippen molar-refractivity contribution in [1.82, 2.24) is 15.2 Å². The van der Waals surface area contributed by atoms with Crippen molar-refractivity contribution in [2.45, 2.75) is 32.4 Å². The highest BCUT2D eigenvalue weighted by Gasteiger charge is 2.23. The number of hydrogen-bond acceptors (Lipinski definition) is 4. The van der Waals surface area contributed by atoms with Crippen LogP contribution in [-0.4, -0.2) is 42.0 Å². The molecule has 2 heterocycles. The van der Waals surface area contributed by atoms with E-state index in [1.54, 1.807) is 31.6 Å². The molecule has 25 heavy (non-hydrogen) atoms. The second-order valence-electron chi connectivity index (χ2n) is 6.49. The van der Waals surface area contributed by atoms with E-state index in [0.717, 1.165) is 43.8 Å². The average Bonchev–Trinajstić information content (AvgIpc) is 2.68. The lowest BCUT2D eigenvalue weighted by molar-refractivity contribution is 0.0704. The van der Waals surface area contributed by atoms with Crippen LogP contribution in [0.1, 0.15) is 34.3 Å². The van der Waals surface area contributed by atoms with E-state index >= 15 is 0 Å². The molecule has 0 atom stereocenters. The van der Waals surface area contributed by atoms with Crippen molar-refractivity contribution in [1.29, 1.82) is 0 Å². The molecule has 0 bridgehead atoms. The standard InChI is InChI=1S/C20H25N3O2/c1-15-3-4-16(13-19(15)25-2)14-22-18-7-11-23(12-8-18)20(24)17-5-9-21-10-6-17/h3-6,9-10,13,18,22H,7-8,11-12,14H2,1-2H3. The van der Waals surface area contributed by atoms with E-state index in [4.69, 9.17) is 4.74 Å². The van der Waals surface area contributed by atoms with Gasteiger partial charge in [0.2, 0.25) is 0 Å². The van der Waals surface area contributed by atoms with E-state index in [-0.39, 0.29) is 5.91 Å². The van der Waals surface area contributed by atoms with Gasteiger partial charge < -0.3 is 15.0 Å². The van der Waals surface area contributed by atoms with E-state index in [0.29, 0.717) is 11.6 Å². The minimum Gasteiger partial charge on any atom is -0.496 e. The molecule has 1 aromatic carbocycles. The van der Waals surface area contributed by atoms with Crippen molar-refractivity contribution in [2.75, 3.05) is 20.2 Å². The number of benzene rings is 1. The molecule has 5 heteroatoms. The zero-order chi connectivity index (χ0) is 17.6. The Bertz CT molecular complexity index is 710. The smallest absolute Gasteiger partial charge is 0.253 e. The van der Waals surface area contributed by atoms with E-state index in [1.807, 2.05) is 11.8 Å². The van der Waals surface area contributed by atoms with E-state index in [1.165, 1.54) is 5.56 Å². The van der Waals surface area contributed by atoms with Gasteiger partial charge in [-0.25, -0.2) is 0 Å². The van der Waals surface area contributed by atoms with Crippen LogP contribution < -0.4 is 10.1 Å². The molecular formula is C20H25N3O2. The van der Waals surface area contributed by atoms with Gasteiger partial charge in [-0.2, -0.15) is 0 Å². The molecule has 132 valence electrons. The van der Waals surface area contributed by atoms with Gasteiger partial charge in [0.15, 0.2) is 0 Å². The first-order valence-electron chi connectivity index (χ1n) is 8.73. The minimum atomic E-state index is 0.101. The number of aromatic nitrogens is 1. The first kappa shape index (κ1) is 17.4. The quantitative estimate of drug-likeness (QED) is 0.910. The third-order valence-corrected chi connectivity index (χ3v) is 4.78. The number of nitrogens with zero attached hydrogens (tertiary/aromatic N) is 2. The van der Waals surface area contributed by atoms with Gasteiger partial charge in [0, 0.05) is 43.6 Å². The summed E-state index contributed by atoms with van der Waals surface area (Å²) in [5.74, 6) is 1.03. The molecule has 1 fully saturated rings. The number of piperidine rings is 1. The largest absolute Gasteiger partial charge is 0.496 e. The van der Waals surface area contributed by atoms with Gasteiger partial charge in [0.25, 0.3) is 5.91 Å². The molecule has 2 aromatic rings. The minimum absolute atomic E-state index is 0.101. The van der Waals surface area contributed by atoms with Gasteiger partial charge in [-0.3, -0.25) is 9.78 Å². The van der Waals surface area contributed by atoms with Gasteiger partial charge >= 0.3 is 0 Å². The van der Waals surface area contributed by atoms with Crippen LogP contribution in [-0.2, 0) is 6.54 Å². The maximum atomic E-state index is 12.5. The third kappa shape index (κ3) is 4.37. The fourth-order valence-electron chi connectivity index (χ4n) is 3.20. The van der Waals surface area contributed by atoms with Crippen LogP contribution in [0.2, 0.25) is 0 Å². The topological polar surface area (TPSA) is 54.5 Å². The van der Waals surface area contributed by atoms with Gasteiger partial charge in [0.1, 0.15) is 5.75 Å². The molecule has 0 radical (unpaired) electrons. The summed E-state index contributed by atoms with van der Waals surface area (Å²) >= 11 is 0. The molecule has 1 saturated heterocycles. The van der Waals surface area contributed by atoms with E-state index < -0.39 is 0 Å². The summed E-state index contributed by atoms with van der Waals surface area (Å²) in [6.07, 6.45) is 5.27. The number of pyridine rings is 1. The van der Waals surface area contributed by atoms with Crippen LogP contribution >= 0.6 is 0 Å². The predicted molar refractivity (Wildman–Crippen MR) is 97.7 cm³/mol. The van der Waals surface area contributed by atoms with Crippen LogP contribution in [0.25, 0.3) is 0 Å². The summed E-state index contributed by atoms with van der Waals surface area (Å²) in [6.45, 7) is 4.44. The monoisotopic (exact) mass is 339 g/mol. The molecule has 1 aliphatic rings. The van der Waals surface area contributed by atoms with E-state index in [9.17, 15) is 4.79 Å². The lowest BCUT2D eigenvalue weighted by Crippen LogP contribution is -2.44. The van der Waals surface area contributed by atoms with Crippen molar-refractivity contribution in [3.8, 4) is 5.75 Å². The number of aryl methyl sites for hydroxylation is 1. The molecule has 1 amide bonds. The van der Waals surface area contributed by atoms with Gasteiger partial charge in [0.05, 0.1) is 7.11 Å². The first-order valence-corrected chi connectivity index (χ1v) is 8.73. The van der Waals surface area contributed by atoms with Gasteiger partial charge in [-0.05, 0) is 49.1 Å². The SMILES string of the molecule is COc1cc(CNC2CCN(C(=O)c3ccncc3)CC2)ccc1C. The number of carbonyl (C=O) groups is 1. The van der Waals surface area contributed by atoms with Crippen molar-refractivity contribution in [2.24, 2.45) is 0 Å². The number of hydrogen-bond donors (Lipinski definition) is 1. The Morgan fingerprint density at radius 3 is 2.64 bits per heavy atom. The molecule has 0 unspecified atom stereocenters. The molecule has 1 N–H and O–H groups in total. The second-order valence-corrected chi connectivity index (χ2v) is 6.49. The lowest BCUT2D eigenvalue weighted by atomic mass is 10.0. The highest BCUT2D eigenvalue weighted by Crippen LogP contribution is 2.20. The third-order valence-electron chi connectivity index (χ3n) is 4.78. The summed E-state index contributed by atoms with van der Waals surface area (Å²) in [4.78, 5) is 18.4. The highest BCUT2D eigenvalue weighted by atomic mass is 16.5. The van der Waals surface area contributed by atoms with Crippen LogP contribution in [0.5, 0.6) is 5.75 Å². The van der Waals surface area contributed by atoms with Crippen LogP contribution in [0.3, 0.4) is 0 Å². The fraction of sp³-hybridized carbons (Fsp3) is 0.400. The predicted octanol–water partition coefficient (Wildman–Crippen LogP) is 2.79. The Hall–Kier alpha value is -2.40. The molecule has 0 spiro atoms. The molecule has 5 nitrogen and oxygen atoms in total. The Balaban J connectivity index is 1.49. The number of carbonyl (C=O) groups excluding carboxylic acids is 1. The summed E-state index contributed by atoms with van der Waals surface area (Å²) in [5.41, 5.74) is 3.08. The van der Waals surface area contributed by atoms with Crippen LogP contribution in [0, 0.1) is 6.92 Å². The maximum absolute atomic E-state index is 12.5. The summed E-state index contributed by atoms with van der Waals surface area (Å²) in [6, 6.07) is 10.3. The van der Waals surface area contributed by atoms with Crippen LogP contribution in [0.15, 0.2) is 42.7 Å². The fourth-order valence-corrected chi connectivity index (χ4v) is 3.20. The zero-order valence-electron chi connectivity index (χ0n) is 14.9. The van der Waals surface area contributed by atoms with Crippen molar-refractivity contribution in [3.05, 3.63) is 59.4 Å². The summed E-state index contributed by atoms with van der Waals surface area (Å²) in [5, 5.41) is 3.60. The number of nitrogens with one attached hydrogen (secondary N) is 1. The first-order chi connectivity index (χ1) is 12.2. The Labute approximate surface area is 149 Å². The molecule has 0 saturated carbocycles. The maximum Gasteiger partial charge on any atom is 0.253 e. The average molecular weight is 339 g/mol. The zero-order valence-corrected chi connectivity index (χ0v) is 14.9. The molecule has 1 aromatic heterocycles. The van der Waals surface area contributed by atoms with Gasteiger partial charge in [-0.1, -0.05) is 12.1 Å². The van der Waals surface area contributed by atoms with Crippen LogP contribution in [0.4, 0.5) is 0 Å². The number of likely N-dealkylation sites (tertiary alicyclic amines) is 1. The van der Waals surface area contributed by atoms with Crippen molar-refractivity contribution < 1.29 is 9.53 Å². The van der Waals surface area contributed by atoms with E-state index in [2.05, 4.69) is 28.5 Å². The van der Waals surface area contributed by atoms with Crippen molar-refractivity contribution >= 4 is 5.91 Å². The lowest BCUT2D eigenvalue weighted by Gasteiger charge is -2.32. The number of amides is 1. The Morgan fingerprint density at radius 2 is 1.96 bits per heavy atom. The Kier molecular flexibility index (Phi) is 5.66. The molecular weight excluding hydrogens is 314 g/mol. The number of ether oxygens (including phenoxy) is 1. The Morgan fingerprint density at radius 1 is 1.24 bits per heavy atom. The normalized spacial score (nSPS) is 15.2. The number of rotatable bonds is 5. The summed E-state index contributed by atoms with van der Waals surface area (Å²) < 4.78 is 5.38. The highest BCUT2D eigenvalue weighted by molar-refractivity contribution is 5.94. The molecule has 1 aliphatic heterocycles. The summed E-state index contributed by atoms with van der Waals surface area (Å²) in [7, 11) is 1.70. The molecule has 3 rings (SSSR count). The second kappa shape index (κ2) is 8.12. The number of methoxy groups -OCH3 is 1. The molecule has 0 aliphatic carbocycles.